The summed E-state index contributed by atoms with van der Waals surface area (Å²) in [5.74, 6) is -0.547. The van der Waals surface area contributed by atoms with Crippen molar-refractivity contribution in [1.82, 2.24) is 9.80 Å². The number of carbonyl (C=O) groups is 3. The molecule has 0 spiro atoms. The second-order valence-corrected chi connectivity index (χ2v) is 6.27. The van der Waals surface area contributed by atoms with Gasteiger partial charge in [-0.1, -0.05) is 6.92 Å². The van der Waals surface area contributed by atoms with Gasteiger partial charge in [0.2, 0.25) is 5.91 Å². The predicted molar refractivity (Wildman–Crippen MR) is 78.6 cm³/mol. The number of carbonyl (C=O) groups excluding carboxylic acids is 3. The molecular formula is C14H17N3O3S. The normalized spacial score (nSPS) is 22.1. The number of hydrogen-bond acceptors (Lipinski definition) is 5. The Labute approximate surface area is 126 Å². The highest BCUT2D eigenvalue weighted by Gasteiger charge is 2.43. The van der Waals surface area contributed by atoms with Crippen molar-refractivity contribution in [3.63, 3.8) is 0 Å². The molecule has 7 heteroatoms. The smallest absolute Gasteiger partial charge is 0.256 e. The number of anilines is 1. The number of thiophene rings is 1. The lowest BCUT2D eigenvalue weighted by Crippen LogP contribution is -2.54. The molecule has 6 nitrogen and oxygen atoms in total. The zero-order valence-corrected chi connectivity index (χ0v) is 12.6. The number of nitrogens with two attached hydrogens (primary N) is 1. The topological polar surface area (TPSA) is 83.7 Å². The molecule has 0 radical (unpaired) electrons. The first-order chi connectivity index (χ1) is 10.0. The SMILES string of the molecule is CCCN1C(=O)CCC(N2Cc3c(csc3N)C2=O)C1=O. The van der Waals surface area contributed by atoms with Crippen LogP contribution < -0.4 is 5.73 Å². The van der Waals surface area contributed by atoms with Crippen LogP contribution >= 0.6 is 11.3 Å². The van der Waals surface area contributed by atoms with Crippen molar-refractivity contribution in [2.45, 2.75) is 38.8 Å². The predicted octanol–water partition coefficient (Wildman–Crippen LogP) is 1.21. The fourth-order valence-corrected chi connectivity index (χ4v) is 3.76. The van der Waals surface area contributed by atoms with E-state index in [9.17, 15) is 14.4 Å². The molecule has 1 fully saturated rings. The Hall–Kier alpha value is -1.89. The molecule has 2 aliphatic rings. The van der Waals surface area contributed by atoms with Gasteiger partial charge in [-0.15, -0.1) is 11.3 Å². The Morgan fingerprint density at radius 3 is 2.81 bits per heavy atom. The third kappa shape index (κ3) is 2.12. The first-order valence-corrected chi connectivity index (χ1v) is 7.93. The van der Waals surface area contributed by atoms with Gasteiger partial charge in [-0.05, 0) is 12.8 Å². The highest BCUT2D eigenvalue weighted by molar-refractivity contribution is 7.14. The summed E-state index contributed by atoms with van der Waals surface area (Å²) in [6.07, 6.45) is 1.43. The third-order valence-corrected chi connectivity index (χ3v) is 4.91. The fraction of sp³-hybridized carbons (Fsp3) is 0.500. The Morgan fingerprint density at radius 1 is 1.38 bits per heavy atom. The monoisotopic (exact) mass is 307 g/mol. The minimum absolute atomic E-state index is 0.140. The molecule has 1 aromatic heterocycles. The zero-order valence-electron chi connectivity index (χ0n) is 11.8. The first kappa shape index (κ1) is 14.1. The van der Waals surface area contributed by atoms with Crippen LogP contribution in [0.25, 0.3) is 0 Å². The summed E-state index contributed by atoms with van der Waals surface area (Å²) < 4.78 is 0. The molecule has 2 aliphatic heterocycles. The summed E-state index contributed by atoms with van der Waals surface area (Å²) >= 11 is 1.35. The van der Waals surface area contributed by atoms with Crippen LogP contribution in [-0.4, -0.2) is 40.1 Å². The van der Waals surface area contributed by atoms with Crippen molar-refractivity contribution in [3.05, 3.63) is 16.5 Å². The number of fused-ring (bicyclic) bond motifs is 1. The Bertz CT molecular complexity index is 625. The van der Waals surface area contributed by atoms with E-state index in [1.54, 1.807) is 10.3 Å². The summed E-state index contributed by atoms with van der Waals surface area (Å²) in [5.41, 5.74) is 7.29. The maximum atomic E-state index is 12.5. The highest BCUT2D eigenvalue weighted by atomic mass is 32.1. The molecule has 0 saturated carbocycles. The number of rotatable bonds is 3. The van der Waals surface area contributed by atoms with Crippen LogP contribution in [0.4, 0.5) is 5.00 Å². The molecule has 1 atom stereocenters. The van der Waals surface area contributed by atoms with Crippen molar-refractivity contribution in [3.8, 4) is 0 Å². The zero-order chi connectivity index (χ0) is 15.1. The maximum absolute atomic E-state index is 12.5. The molecule has 2 N–H and O–H groups in total. The Balaban J connectivity index is 1.83. The first-order valence-electron chi connectivity index (χ1n) is 7.05. The molecule has 1 saturated heterocycles. The van der Waals surface area contributed by atoms with Gasteiger partial charge >= 0.3 is 0 Å². The summed E-state index contributed by atoms with van der Waals surface area (Å²) in [6.45, 7) is 2.71. The van der Waals surface area contributed by atoms with Gasteiger partial charge in [-0.3, -0.25) is 19.3 Å². The number of piperidine rings is 1. The van der Waals surface area contributed by atoms with Gasteiger partial charge in [0.05, 0.1) is 17.1 Å². The van der Waals surface area contributed by atoms with E-state index in [-0.39, 0.29) is 17.7 Å². The summed E-state index contributed by atoms with van der Waals surface area (Å²) in [6, 6.07) is -0.543. The summed E-state index contributed by atoms with van der Waals surface area (Å²) in [7, 11) is 0. The number of amides is 3. The van der Waals surface area contributed by atoms with Gasteiger partial charge in [0.15, 0.2) is 0 Å². The third-order valence-electron chi connectivity index (χ3n) is 4.05. The molecule has 1 aromatic rings. The molecule has 112 valence electrons. The number of hydrogen-bond donors (Lipinski definition) is 1. The van der Waals surface area contributed by atoms with Crippen molar-refractivity contribution < 1.29 is 14.4 Å². The van der Waals surface area contributed by atoms with E-state index in [0.29, 0.717) is 36.5 Å². The Morgan fingerprint density at radius 2 is 2.14 bits per heavy atom. The quantitative estimate of drug-likeness (QED) is 0.851. The lowest BCUT2D eigenvalue weighted by atomic mass is 10.0. The lowest BCUT2D eigenvalue weighted by Gasteiger charge is -2.35. The van der Waals surface area contributed by atoms with E-state index in [4.69, 9.17) is 5.73 Å². The van der Waals surface area contributed by atoms with Gasteiger partial charge in [-0.2, -0.15) is 0 Å². The molecule has 3 heterocycles. The van der Waals surface area contributed by atoms with E-state index < -0.39 is 6.04 Å². The maximum Gasteiger partial charge on any atom is 0.256 e. The van der Waals surface area contributed by atoms with Crippen molar-refractivity contribution in [2.75, 3.05) is 12.3 Å². The molecular weight excluding hydrogens is 290 g/mol. The summed E-state index contributed by atoms with van der Waals surface area (Å²) in [4.78, 5) is 39.6. The van der Waals surface area contributed by atoms with Gasteiger partial charge in [0, 0.05) is 23.9 Å². The molecule has 3 rings (SSSR count). The van der Waals surface area contributed by atoms with Crippen LogP contribution in [-0.2, 0) is 16.1 Å². The van der Waals surface area contributed by atoms with Crippen LogP contribution in [0.1, 0.15) is 42.1 Å². The van der Waals surface area contributed by atoms with Crippen molar-refractivity contribution >= 4 is 34.1 Å². The minimum Gasteiger partial charge on any atom is -0.390 e. The van der Waals surface area contributed by atoms with Crippen LogP contribution in [0, 0.1) is 0 Å². The van der Waals surface area contributed by atoms with Gasteiger partial charge in [0.1, 0.15) is 6.04 Å². The van der Waals surface area contributed by atoms with Gasteiger partial charge < -0.3 is 10.6 Å². The minimum atomic E-state index is -0.543. The average Bonchev–Trinajstić information content (AvgIpc) is 2.97. The van der Waals surface area contributed by atoms with E-state index in [2.05, 4.69) is 0 Å². The summed E-state index contributed by atoms with van der Waals surface area (Å²) in [5, 5.41) is 2.38. The number of imide groups is 1. The molecule has 1 unspecified atom stereocenters. The van der Waals surface area contributed by atoms with E-state index >= 15 is 0 Å². The lowest BCUT2D eigenvalue weighted by molar-refractivity contribution is -0.152. The highest BCUT2D eigenvalue weighted by Crippen LogP contribution is 2.35. The van der Waals surface area contributed by atoms with E-state index in [1.165, 1.54) is 16.2 Å². The molecule has 21 heavy (non-hydrogen) atoms. The molecule has 0 aliphatic carbocycles. The number of likely N-dealkylation sites (tertiary alicyclic amines) is 1. The second-order valence-electron chi connectivity index (χ2n) is 5.36. The largest absolute Gasteiger partial charge is 0.390 e. The Kier molecular flexibility index (Phi) is 3.44. The van der Waals surface area contributed by atoms with Gasteiger partial charge in [0.25, 0.3) is 11.8 Å². The van der Waals surface area contributed by atoms with Crippen LogP contribution in [0.5, 0.6) is 0 Å². The van der Waals surface area contributed by atoms with Crippen molar-refractivity contribution in [1.29, 1.82) is 0 Å². The average molecular weight is 307 g/mol. The molecule has 3 amide bonds. The number of nitrogens with zero attached hydrogens (tertiary/aromatic N) is 2. The van der Waals surface area contributed by atoms with E-state index in [0.717, 1.165) is 12.0 Å². The van der Waals surface area contributed by atoms with Crippen LogP contribution in [0.3, 0.4) is 0 Å². The molecule has 0 bridgehead atoms. The van der Waals surface area contributed by atoms with Crippen molar-refractivity contribution in [2.24, 2.45) is 0 Å². The van der Waals surface area contributed by atoms with Crippen LogP contribution in [0.2, 0.25) is 0 Å². The van der Waals surface area contributed by atoms with Crippen LogP contribution in [0.15, 0.2) is 5.38 Å². The number of nitrogen functional groups attached to an aromatic ring is 1. The van der Waals surface area contributed by atoms with E-state index in [1.807, 2.05) is 6.92 Å². The van der Waals surface area contributed by atoms with Gasteiger partial charge in [-0.25, -0.2) is 0 Å². The second kappa shape index (κ2) is 5.14. The fourth-order valence-electron chi connectivity index (χ4n) is 2.96. The molecule has 0 aromatic carbocycles. The standard InChI is InChI=1S/C14H17N3O3S/c1-2-5-16-11(18)4-3-10(14(16)20)17-6-8-9(13(17)19)7-21-12(8)15/h7,10H,2-6,15H2,1H3.